The van der Waals surface area contributed by atoms with E-state index in [1.165, 1.54) is 6.92 Å². The van der Waals surface area contributed by atoms with Crippen LogP contribution in [-0.4, -0.2) is 14.9 Å². The average Bonchev–Trinajstić information content (AvgIpc) is 2.41. The number of rotatable bonds is 4. The van der Waals surface area contributed by atoms with Crippen molar-refractivity contribution in [3.8, 4) is 0 Å². The summed E-state index contributed by atoms with van der Waals surface area (Å²) in [5.74, 6) is 5.36. The molecule has 2 rings (SSSR count). The Morgan fingerprint density at radius 3 is 2.67 bits per heavy atom. The second-order valence-corrected chi connectivity index (χ2v) is 4.75. The van der Waals surface area contributed by atoms with Gasteiger partial charge in [-0.3, -0.25) is 15.5 Å². The number of hydrogen-bond acceptors (Lipinski definition) is 7. The van der Waals surface area contributed by atoms with Gasteiger partial charge in [-0.25, -0.2) is 10.8 Å². The van der Waals surface area contributed by atoms with Crippen molar-refractivity contribution in [2.45, 2.75) is 13.8 Å². The zero-order valence-electron chi connectivity index (χ0n) is 11.3. The Balaban J connectivity index is 2.54. The number of hydrogen-bond donors (Lipinski definition) is 3. The largest absolute Gasteiger partial charge is 0.333 e. The van der Waals surface area contributed by atoms with E-state index < -0.39 is 4.92 Å². The predicted octanol–water partition coefficient (Wildman–Crippen LogP) is 2.68. The molecule has 0 spiro atoms. The molecule has 0 atom stereocenters. The molecule has 0 radical (unpaired) electrons. The smallest absolute Gasteiger partial charge is 0.332 e. The van der Waals surface area contributed by atoms with Crippen molar-refractivity contribution >= 4 is 34.7 Å². The molecule has 1 aromatic carbocycles. The van der Waals surface area contributed by atoms with Crippen LogP contribution in [0.4, 0.5) is 23.1 Å². The van der Waals surface area contributed by atoms with E-state index in [1.807, 2.05) is 13.0 Å². The topological polar surface area (TPSA) is 119 Å². The Bertz CT molecular complexity index is 706. The Morgan fingerprint density at radius 1 is 1.33 bits per heavy atom. The maximum atomic E-state index is 11.2. The van der Waals surface area contributed by atoms with Crippen LogP contribution in [0.3, 0.4) is 0 Å². The molecule has 0 saturated heterocycles. The van der Waals surface area contributed by atoms with Gasteiger partial charge in [0.25, 0.3) is 0 Å². The zero-order chi connectivity index (χ0) is 15.6. The lowest BCUT2D eigenvalue weighted by Gasteiger charge is -2.11. The van der Waals surface area contributed by atoms with Gasteiger partial charge in [-0.2, -0.15) is 4.98 Å². The van der Waals surface area contributed by atoms with Crippen LogP contribution in [-0.2, 0) is 0 Å². The van der Waals surface area contributed by atoms with Crippen LogP contribution in [0.1, 0.15) is 11.3 Å². The monoisotopic (exact) mass is 308 g/mol. The highest BCUT2D eigenvalue weighted by Gasteiger charge is 2.22. The van der Waals surface area contributed by atoms with Crippen molar-refractivity contribution in [3.63, 3.8) is 0 Å². The van der Waals surface area contributed by atoms with E-state index >= 15 is 0 Å². The summed E-state index contributed by atoms with van der Waals surface area (Å²) >= 11 is 6.08. The molecule has 2 aromatic rings. The molecule has 0 aliphatic carbocycles. The van der Waals surface area contributed by atoms with Crippen molar-refractivity contribution in [1.29, 1.82) is 0 Å². The summed E-state index contributed by atoms with van der Waals surface area (Å²) in [5, 5.41) is 14.5. The van der Waals surface area contributed by atoms with Gasteiger partial charge in [-0.1, -0.05) is 17.7 Å². The lowest BCUT2D eigenvalue weighted by atomic mass is 10.2. The summed E-state index contributed by atoms with van der Waals surface area (Å²) in [6.07, 6.45) is 0. The van der Waals surface area contributed by atoms with E-state index in [0.717, 1.165) is 5.56 Å². The predicted molar refractivity (Wildman–Crippen MR) is 80.7 cm³/mol. The normalized spacial score (nSPS) is 10.3. The summed E-state index contributed by atoms with van der Waals surface area (Å²) in [4.78, 5) is 18.5. The van der Waals surface area contributed by atoms with Gasteiger partial charge >= 0.3 is 5.69 Å². The number of hydrazine groups is 1. The second kappa shape index (κ2) is 5.90. The molecule has 0 bridgehead atoms. The molecule has 8 nitrogen and oxygen atoms in total. The molecule has 0 saturated carbocycles. The minimum Gasteiger partial charge on any atom is -0.333 e. The minimum atomic E-state index is -0.554. The number of nitrogens with zero attached hydrogens (tertiary/aromatic N) is 3. The molecule has 4 N–H and O–H groups in total. The highest BCUT2D eigenvalue weighted by Crippen LogP contribution is 2.32. The number of anilines is 3. The lowest BCUT2D eigenvalue weighted by molar-refractivity contribution is -0.385. The maximum Gasteiger partial charge on any atom is 0.332 e. The van der Waals surface area contributed by atoms with Crippen molar-refractivity contribution in [3.05, 3.63) is 44.6 Å². The lowest BCUT2D eigenvalue weighted by Crippen LogP contribution is -2.13. The number of nitro groups is 1. The van der Waals surface area contributed by atoms with Crippen LogP contribution in [0.5, 0.6) is 0 Å². The van der Waals surface area contributed by atoms with Gasteiger partial charge in [-0.15, -0.1) is 0 Å². The molecule has 110 valence electrons. The van der Waals surface area contributed by atoms with E-state index in [-0.39, 0.29) is 23.1 Å². The molecule has 0 amide bonds. The number of aromatic nitrogens is 2. The van der Waals surface area contributed by atoms with Crippen molar-refractivity contribution in [2.75, 3.05) is 10.7 Å². The number of nitrogen functional groups attached to an aromatic ring is 1. The van der Waals surface area contributed by atoms with Crippen LogP contribution in [0.2, 0.25) is 5.02 Å². The Morgan fingerprint density at radius 2 is 2.05 bits per heavy atom. The molecule has 9 heteroatoms. The van der Waals surface area contributed by atoms with Crippen LogP contribution in [0.15, 0.2) is 18.2 Å². The van der Waals surface area contributed by atoms with E-state index in [0.29, 0.717) is 10.7 Å². The third-order valence-electron chi connectivity index (χ3n) is 2.74. The van der Waals surface area contributed by atoms with Gasteiger partial charge in [0.2, 0.25) is 11.8 Å². The first kappa shape index (κ1) is 14.9. The van der Waals surface area contributed by atoms with Crippen LogP contribution in [0, 0.1) is 24.0 Å². The highest BCUT2D eigenvalue weighted by molar-refractivity contribution is 6.33. The SMILES string of the molecule is Cc1ccc(Cl)c(Nc2nc(NN)nc(C)c2[N+](=O)[O-])c1. The molecular formula is C12H13ClN6O2. The zero-order valence-corrected chi connectivity index (χ0v) is 12.1. The van der Waals surface area contributed by atoms with Gasteiger partial charge in [0.1, 0.15) is 5.69 Å². The molecule has 21 heavy (non-hydrogen) atoms. The van der Waals surface area contributed by atoms with Gasteiger partial charge in [0.15, 0.2) is 0 Å². The summed E-state index contributed by atoms with van der Waals surface area (Å²) < 4.78 is 0. The first-order chi connectivity index (χ1) is 9.92. The summed E-state index contributed by atoms with van der Waals surface area (Å²) in [5.41, 5.74) is 3.69. The van der Waals surface area contributed by atoms with E-state index in [9.17, 15) is 10.1 Å². The minimum absolute atomic E-state index is 0.0213. The van der Waals surface area contributed by atoms with Crippen molar-refractivity contribution in [2.24, 2.45) is 5.84 Å². The third-order valence-corrected chi connectivity index (χ3v) is 3.07. The maximum absolute atomic E-state index is 11.2. The van der Waals surface area contributed by atoms with E-state index in [4.69, 9.17) is 17.4 Å². The third kappa shape index (κ3) is 3.18. The summed E-state index contributed by atoms with van der Waals surface area (Å²) in [6.45, 7) is 3.39. The summed E-state index contributed by atoms with van der Waals surface area (Å²) in [7, 11) is 0. The molecule has 0 fully saturated rings. The second-order valence-electron chi connectivity index (χ2n) is 4.34. The van der Waals surface area contributed by atoms with Gasteiger partial charge in [0.05, 0.1) is 15.6 Å². The van der Waals surface area contributed by atoms with E-state index in [2.05, 4.69) is 20.7 Å². The number of benzene rings is 1. The van der Waals surface area contributed by atoms with E-state index in [1.54, 1.807) is 12.1 Å². The first-order valence-electron chi connectivity index (χ1n) is 5.95. The number of aryl methyl sites for hydroxylation is 2. The molecule has 0 aliphatic rings. The van der Waals surface area contributed by atoms with Crippen molar-refractivity contribution < 1.29 is 4.92 Å². The Kier molecular flexibility index (Phi) is 4.20. The fourth-order valence-electron chi connectivity index (χ4n) is 1.80. The van der Waals surface area contributed by atoms with Gasteiger partial charge in [0, 0.05) is 0 Å². The molecular weight excluding hydrogens is 296 g/mol. The van der Waals surface area contributed by atoms with Crippen LogP contribution >= 0.6 is 11.6 Å². The Hall–Kier alpha value is -2.45. The number of halogens is 1. The molecule has 1 heterocycles. The Labute approximate surface area is 125 Å². The standard InChI is InChI=1S/C12H13ClN6O2/c1-6-3-4-8(13)9(5-6)16-11-10(19(20)21)7(2)15-12(17-11)18-14/h3-5H,14H2,1-2H3,(H2,15,16,17,18). The quantitative estimate of drug-likeness (QED) is 0.451. The first-order valence-corrected chi connectivity index (χ1v) is 6.33. The highest BCUT2D eigenvalue weighted by atomic mass is 35.5. The molecule has 0 unspecified atom stereocenters. The van der Waals surface area contributed by atoms with Crippen LogP contribution in [0.25, 0.3) is 0 Å². The van der Waals surface area contributed by atoms with Gasteiger partial charge < -0.3 is 5.32 Å². The van der Waals surface area contributed by atoms with Crippen LogP contribution < -0.4 is 16.6 Å². The summed E-state index contributed by atoms with van der Waals surface area (Å²) in [6, 6.07) is 5.29. The number of nitrogens with two attached hydrogens (primary N) is 1. The van der Waals surface area contributed by atoms with Crippen molar-refractivity contribution in [1.82, 2.24) is 9.97 Å². The van der Waals surface area contributed by atoms with Gasteiger partial charge in [-0.05, 0) is 31.5 Å². The fourth-order valence-corrected chi connectivity index (χ4v) is 1.96. The number of nitrogens with one attached hydrogen (secondary N) is 2. The molecule has 0 aliphatic heterocycles. The average molecular weight is 309 g/mol. The fraction of sp³-hybridized carbons (Fsp3) is 0.167. The molecule has 1 aromatic heterocycles.